The molecule has 7 nitrogen and oxygen atoms in total. The van der Waals surface area contributed by atoms with Crippen molar-refractivity contribution in [3.05, 3.63) is 64.2 Å². The van der Waals surface area contributed by atoms with Gasteiger partial charge in [-0.2, -0.15) is 0 Å². The summed E-state index contributed by atoms with van der Waals surface area (Å²) in [5.74, 6) is -0.0737. The second kappa shape index (κ2) is 13.8. The summed E-state index contributed by atoms with van der Waals surface area (Å²) in [5.41, 5.74) is 3.17. The minimum atomic E-state index is -3.59. The smallest absolute Gasteiger partial charge is 0.242 e. The number of hydrogen-bond donors (Lipinski definition) is 1. The second-order valence-electron chi connectivity index (χ2n) is 9.83. The third-order valence-corrected chi connectivity index (χ3v) is 7.92. The number of carbonyl (C=O) groups excluding carboxylic acids is 2. The molecule has 0 aliphatic carbocycles. The molecule has 2 amide bonds. The third-order valence-electron chi connectivity index (χ3n) is 6.33. The van der Waals surface area contributed by atoms with Crippen molar-refractivity contribution in [3.63, 3.8) is 0 Å². The van der Waals surface area contributed by atoms with Gasteiger partial charge in [0, 0.05) is 31.1 Å². The highest BCUT2D eigenvalue weighted by Gasteiger charge is 2.29. The lowest BCUT2D eigenvalue weighted by atomic mass is 10.0. The molecule has 0 fully saturated rings. The van der Waals surface area contributed by atoms with Gasteiger partial charge in [0.1, 0.15) is 6.04 Å². The highest BCUT2D eigenvalue weighted by Crippen LogP contribution is 2.28. The van der Waals surface area contributed by atoms with Crippen LogP contribution in [0.25, 0.3) is 0 Å². The highest BCUT2D eigenvalue weighted by atomic mass is 35.5. The fourth-order valence-corrected chi connectivity index (χ4v) is 5.35. The molecule has 2 aromatic carbocycles. The molecule has 1 N–H and O–H groups in total. The van der Waals surface area contributed by atoms with Crippen LogP contribution in [0.4, 0.5) is 5.69 Å². The Bertz CT molecular complexity index is 1180. The molecule has 0 aliphatic heterocycles. The molecule has 0 aliphatic rings. The van der Waals surface area contributed by atoms with E-state index < -0.39 is 16.1 Å². The molecular formula is C28H40ClN3O4S. The second-order valence-corrected chi connectivity index (χ2v) is 12.1. The predicted molar refractivity (Wildman–Crippen MR) is 151 cm³/mol. The van der Waals surface area contributed by atoms with Crippen molar-refractivity contribution in [2.45, 2.75) is 66.5 Å². The van der Waals surface area contributed by atoms with Crippen molar-refractivity contribution in [1.82, 2.24) is 10.2 Å². The Morgan fingerprint density at radius 3 is 2.32 bits per heavy atom. The topological polar surface area (TPSA) is 86.8 Å². The molecule has 0 heterocycles. The number of carbonyl (C=O) groups is 2. The van der Waals surface area contributed by atoms with Gasteiger partial charge in [-0.05, 0) is 61.4 Å². The average molecular weight is 550 g/mol. The fraction of sp³-hybridized carbons (Fsp3) is 0.500. The van der Waals surface area contributed by atoms with Gasteiger partial charge in [0.2, 0.25) is 21.8 Å². The zero-order valence-electron chi connectivity index (χ0n) is 22.8. The number of halogens is 1. The van der Waals surface area contributed by atoms with Crippen LogP contribution in [0.1, 0.15) is 56.7 Å². The minimum absolute atomic E-state index is 0.103. The molecule has 37 heavy (non-hydrogen) atoms. The van der Waals surface area contributed by atoms with Crippen LogP contribution in [0, 0.1) is 19.8 Å². The first-order valence-corrected chi connectivity index (χ1v) is 14.9. The van der Waals surface area contributed by atoms with Gasteiger partial charge in [-0.3, -0.25) is 13.9 Å². The monoisotopic (exact) mass is 549 g/mol. The number of nitrogens with zero attached hydrogens (tertiary/aromatic N) is 2. The number of nitrogens with one attached hydrogen (secondary N) is 1. The van der Waals surface area contributed by atoms with E-state index in [-0.39, 0.29) is 24.8 Å². The van der Waals surface area contributed by atoms with Gasteiger partial charge < -0.3 is 10.2 Å². The largest absolute Gasteiger partial charge is 0.354 e. The molecule has 0 saturated heterocycles. The maximum Gasteiger partial charge on any atom is 0.242 e. The molecule has 0 unspecified atom stereocenters. The van der Waals surface area contributed by atoms with E-state index in [0.717, 1.165) is 17.4 Å². The van der Waals surface area contributed by atoms with Crippen LogP contribution in [-0.2, 0) is 26.2 Å². The summed E-state index contributed by atoms with van der Waals surface area (Å²) in [4.78, 5) is 28.2. The number of amides is 2. The maximum absolute atomic E-state index is 13.5. The van der Waals surface area contributed by atoms with Gasteiger partial charge in [-0.1, -0.05) is 62.7 Å². The highest BCUT2D eigenvalue weighted by molar-refractivity contribution is 7.92. The number of benzene rings is 2. The molecule has 2 aromatic rings. The summed E-state index contributed by atoms with van der Waals surface area (Å²) in [5, 5.41) is 3.44. The van der Waals surface area contributed by atoms with E-state index in [1.54, 1.807) is 30.0 Å². The van der Waals surface area contributed by atoms with Gasteiger partial charge in [0.25, 0.3) is 0 Å². The van der Waals surface area contributed by atoms with Crippen molar-refractivity contribution >= 4 is 39.1 Å². The molecule has 1 atom stereocenters. The summed E-state index contributed by atoms with van der Waals surface area (Å²) in [6.07, 6.45) is 2.02. The first kappa shape index (κ1) is 30.6. The Kier molecular flexibility index (Phi) is 11.4. The van der Waals surface area contributed by atoms with Crippen LogP contribution < -0.4 is 9.62 Å². The summed E-state index contributed by atoms with van der Waals surface area (Å²) in [6.45, 7) is 10.7. The van der Waals surface area contributed by atoms with Crippen molar-refractivity contribution < 1.29 is 18.0 Å². The van der Waals surface area contributed by atoms with Crippen molar-refractivity contribution in [2.24, 2.45) is 5.92 Å². The van der Waals surface area contributed by atoms with Crippen LogP contribution in [0.2, 0.25) is 5.02 Å². The van der Waals surface area contributed by atoms with Gasteiger partial charge in [-0.25, -0.2) is 8.42 Å². The van der Waals surface area contributed by atoms with E-state index in [2.05, 4.69) is 5.32 Å². The minimum Gasteiger partial charge on any atom is -0.354 e. The van der Waals surface area contributed by atoms with Crippen LogP contribution in [-0.4, -0.2) is 50.5 Å². The Balaban J connectivity index is 2.26. The van der Waals surface area contributed by atoms with Crippen molar-refractivity contribution in [3.8, 4) is 0 Å². The SMILES string of the molecule is CC[C@@H](C(=O)NCC(C)C)N(Cc1ccccc1C)C(=O)CCCN(c1cccc(Cl)c1C)S(C)(=O)=O. The van der Waals surface area contributed by atoms with Crippen LogP contribution in [0.15, 0.2) is 42.5 Å². The molecule has 9 heteroatoms. The van der Waals surface area contributed by atoms with Crippen molar-refractivity contribution in [1.29, 1.82) is 0 Å². The maximum atomic E-state index is 13.5. The van der Waals surface area contributed by atoms with E-state index in [1.807, 2.05) is 52.0 Å². The normalized spacial score (nSPS) is 12.3. The summed E-state index contributed by atoms with van der Waals surface area (Å²) >= 11 is 6.23. The van der Waals surface area contributed by atoms with Gasteiger partial charge in [0.15, 0.2) is 0 Å². The Labute approximate surface area is 227 Å². The molecular weight excluding hydrogens is 510 g/mol. The summed E-state index contributed by atoms with van der Waals surface area (Å²) in [7, 11) is -3.59. The third kappa shape index (κ3) is 8.75. The zero-order valence-corrected chi connectivity index (χ0v) is 24.3. The van der Waals surface area contributed by atoms with Crippen molar-refractivity contribution in [2.75, 3.05) is 23.7 Å². The zero-order chi connectivity index (χ0) is 27.8. The number of sulfonamides is 1. The van der Waals surface area contributed by atoms with Gasteiger partial charge in [0.05, 0.1) is 11.9 Å². The van der Waals surface area contributed by atoms with E-state index in [9.17, 15) is 18.0 Å². The fourth-order valence-electron chi connectivity index (χ4n) is 4.16. The number of hydrogen-bond acceptors (Lipinski definition) is 4. The van der Waals surface area contributed by atoms with E-state index >= 15 is 0 Å². The van der Waals surface area contributed by atoms with E-state index in [0.29, 0.717) is 48.1 Å². The molecule has 0 radical (unpaired) electrons. The van der Waals surface area contributed by atoms with Crippen LogP contribution in [0.3, 0.4) is 0 Å². The molecule has 204 valence electrons. The lowest BCUT2D eigenvalue weighted by Crippen LogP contribution is -2.49. The van der Waals surface area contributed by atoms with E-state index in [1.165, 1.54) is 4.31 Å². The van der Waals surface area contributed by atoms with Gasteiger partial charge >= 0.3 is 0 Å². The Hall–Kier alpha value is -2.58. The lowest BCUT2D eigenvalue weighted by molar-refractivity contribution is -0.141. The number of aryl methyl sites for hydroxylation is 1. The molecule has 2 rings (SSSR count). The summed E-state index contributed by atoms with van der Waals surface area (Å²) in [6, 6.07) is 12.3. The Morgan fingerprint density at radius 1 is 1.05 bits per heavy atom. The molecule has 0 aromatic heterocycles. The lowest BCUT2D eigenvalue weighted by Gasteiger charge is -2.32. The number of anilines is 1. The molecule has 0 bridgehead atoms. The average Bonchev–Trinajstić information content (AvgIpc) is 2.82. The standard InChI is InChI=1S/C28H40ClN3O4S/c1-7-25(28(34)30-18-20(2)3)31(19-23-13-9-8-12-21(23)4)27(33)16-11-17-32(37(6,35)36)26-15-10-14-24(29)22(26)5/h8-10,12-15,20,25H,7,11,16-19H2,1-6H3,(H,30,34)/t25-/m0/s1. The quantitative estimate of drug-likeness (QED) is 0.377. The molecule has 0 saturated carbocycles. The van der Waals surface area contributed by atoms with Crippen LogP contribution in [0.5, 0.6) is 0 Å². The van der Waals surface area contributed by atoms with Crippen LogP contribution >= 0.6 is 11.6 Å². The predicted octanol–water partition coefficient (Wildman–Crippen LogP) is 5.08. The summed E-state index contributed by atoms with van der Waals surface area (Å²) < 4.78 is 26.5. The van der Waals surface area contributed by atoms with E-state index in [4.69, 9.17) is 11.6 Å². The Morgan fingerprint density at radius 2 is 1.73 bits per heavy atom. The first-order valence-electron chi connectivity index (χ1n) is 12.7. The number of rotatable bonds is 13. The molecule has 0 spiro atoms. The van der Waals surface area contributed by atoms with Gasteiger partial charge in [-0.15, -0.1) is 0 Å². The first-order chi connectivity index (χ1) is 17.4.